The average Bonchev–Trinajstić information content (AvgIpc) is 2.38. The number of rotatable bonds is 1. The standard InChI is InChI=1S/C14H15BrN2O/c1-2-9-4-3-7-17-13(9)16-12-8-10(15)5-6-11(12)14(17)18/h5-6,8-9H,2-4,7H2,1H3. The van der Waals surface area contributed by atoms with Gasteiger partial charge in [0.15, 0.2) is 0 Å². The number of fused-ring (bicyclic) bond motifs is 2. The Labute approximate surface area is 114 Å². The molecule has 4 heteroatoms. The summed E-state index contributed by atoms with van der Waals surface area (Å²) in [5.74, 6) is 1.40. The van der Waals surface area contributed by atoms with Crippen LogP contribution in [0, 0.1) is 0 Å². The maximum Gasteiger partial charge on any atom is 0.261 e. The zero-order valence-electron chi connectivity index (χ0n) is 10.3. The van der Waals surface area contributed by atoms with Crippen LogP contribution in [0.5, 0.6) is 0 Å². The Bertz CT molecular complexity index is 663. The van der Waals surface area contributed by atoms with Crippen LogP contribution < -0.4 is 5.56 Å². The third-order valence-corrected chi connectivity index (χ3v) is 4.23. The molecule has 2 heterocycles. The van der Waals surface area contributed by atoms with Crippen LogP contribution in [-0.4, -0.2) is 9.55 Å². The van der Waals surface area contributed by atoms with Crippen molar-refractivity contribution in [2.24, 2.45) is 0 Å². The molecule has 1 aliphatic rings. The minimum atomic E-state index is 0.112. The molecule has 0 saturated heterocycles. The zero-order chi connectivity index (χ0) is 12.7. The van der Waals surface area contributed by atoms with E-state index in [1.54, 1.807) is 0 Å². The van der Waals surface area contributed by atoms with Gasteiger partial charge in [0, 0.05) is 16.9 Å². The fourth-order valence-corrected chi connectivity index (χ4v) is 3.10. The Morgan fingerprint density at radius 3 is 3.11 bits per heavy atom. The van der Waals surface area contributed by atoms with E-state index in [2.05, 4.69) is 22.9 Å². The highest BCUT2D eigenvalue weighted by atomic mass is 79.9. The van der Waals surface area contributed by atoms with Crippen molar-refractivity contribution in [3.8, 4) is 0 Å². The monoisotopic (exact) mass is 306 g/mol. The van der Waals surface area contributed by atoms with Crippen LogP contribution in [0.4, 0.5) is 0 Å². The third kappa shape index (κ3) is 1.79. The molecule has 0 fully saturated rings. The molecule has 0 N–H and O–H groups in total. The van der Waals surface area contributed by atoms with Crippen LogP contribution in [0.2, 0.25) is 0 Å². The van der Waals surface area contributed by atoms with Gasteiger partial charge in [-0.2, -0.15) is 0 Å². The Morgan fingerprint density at radius 2 is 2.33 bits per heavy atom. The molecule has 1 unspecified atom stereocenters. The van der Waals surface area contributed by atoms with Gasteiger partial charge in [0.2, 0.25) is 0 Å². The van der Waals surface area contributed by atoms with E-state index in [-0.39, 0.29) is 5.56 Å². The van der Waals surface area contributed by atoms with Gasteiger partial charge in [-0.05, 0) is 37.5 Å². The van der Waals surface area contributed by atoms with Gasteiger partial charge in [-0.15, -0.1) is 0 Å². The maximum absolute atomic E-state index is 12.5. The lowest BCUT2D eigenvalue weighted by Crippen LogP contribution is -2.30. The van der Waals surface area contributed by atoms with Gasteiger partial charge < -0.3 is 0 Å². The lowest BCUT2D eigenvalue weighted by Gasteiger charge is -2.25. The zero-order valence-corrected chi connectivity index (χ0v) is 11.9. The van der Waals surface area contributed by atoms with Crippen LogP contribution in [0.25, 0.3) is 10.9 Å². The van der Waals surface area contributed by atoms with Gasteiger partial charge in [0.05, 0.1) is 10.9 Å². The van der Waals surface area contributed by atoms with Crippen molar-refractivity contribution in [1.29, 1.82) is 0 Å². The van der Waals surface area contributed by atoms with Gasteiger partial charge in [0.1, 0.15) is 5.82 Å². The summed E-state index contributed by atoms with van der Waals surface area (Å²) in [6, 6.07) is 5.69. The van der Waals surface area contributed by atoms with Crippen LogP contribution >= 0.6 is 15.9 Å². The first kappa shape index (κ1) is 11.9. The first-order chi connectivity index (χ1) is 8.70. The molecule has 94 valence electrons. The van der Waals surface area contributed by atoms with Crippen LogP contribution in [0.3, 0.4) is 0 Å². The van der Waals surface area contributed by atoms with Gasteiger partial charge in [-0.25, -0.2) is 4.98 Å². The van der Waals surface area contributed by atoms with Crippen molar-refractivity contribution in [3.63, 3.8) is 0 Å². The molecular weight excluding hydrogens is 292 g/mol. The second-order valence-electron chi connectivity index (χ2n) is 4.84. The van der Waals surface area contributed by atoms with Gasteiger partial charge in [-0.3, -0.25) is 9.36 Å². The SMILES string of the molecule is CCC1CCCn2c1nc1cc(Br)ccc1c2=O. The Morgan fingerprint density at radius 1 is 1.50 bits per heavy atom. The fraction of sp³-hybridized carbons (Fsp3) is 0.429. The Balaban J connectivity index is 2.34. The highest BCUT2D eigenvalue weighted by Crippen LogP contribution is 2.28. The van der Waals surface area contributed by atoms with Crippen molar-refractivity contribution in [2.75, 3.05) is 0 Å². The summed E-state index contributed by atoms with van der Waals surface area (Å²) in [6.07, 6.45) is 3.27. The second-order valence-corrected chi connectivity index (χ2v) is 5.75. The highest BCUT2D eigenvalue weighted by molar-refractivity contribution is 9.10. The van der Waals surface area contributed by atoms with Crippen LogP contribution in [0.1, 0.15) is 37.9 Å². The normalized spacial score (nSPS) is 18.9. The number of aromatic nitrogens is 2. The summed E-state index contributed by atoms with van der Waals surface area (Å²) in [6.45, 7) is 2.97. The molecular formula is C14H15BrN2O. The van der Waals surface area contributed by atoms with E-state index < -0.39 is 0 Å². The Kier molecular flexibility index (Phi) is 2.98. The van der Waals surface area contributed by atoms with Crippen molar-refractivity contribution >= 4 is 26.8 Å². The fourth-order valence-electron chi connectivity index (χ4n) is 2.75. The summed E-state index contributed by atoms with van der Waals surface area (Å²) < 4.78 is 2.84. The summed E-state index contributed by atoms with van der Waals surface area (Å²) in [7, 11) is 0. The van der Waals surface area contributed by atoms with E-state index in [0.717, 1.165) is 47.0 Å². The van der Waals surface area contributed by atoms with E-state index in [4.69, 9.17) is 4.98 Å². The average molecular weight is 307 g/mol. The van der Waals surface area contributed by atoms with Crippen molar-refractivity contribution in [1.82, 2.24) is 9.55 Å². The molecule has 3 nitrogen and oxygen atoms in total. The molecule has 1 aromatic heterocycles. The quantitative estimate of drug-likeness (QED) is 0.809. The molecule has 0 amide bonds. The van der Waals surface area contributed by atoms with Crippen LogP contribution in [0.15, 0.2) is 27.5 Å². The van der Waals surface area contributed by atoms with Crippen molar-refractivity contribution in [2.45, 2.75) is 38.6 Å². The number of benzene rings is 1. The maximum atomic E-state index is 12.5. The predicted octanol–water partition coefficient (Wildman–Crippen LogP) is 3.45. The van der Waals surface area contributed by atoms with Gasteiger partial charge >= 0.3 is 0 Å². The molecule has 1 atom stereocenters. The first-order valence-corrected chi connectivity index (χ1v) is 7.20. The number of nitrogens with zero attached hydrogens (tertiary/aromatic N) is 2. The molecule has 2 aromatic rings. The van der Waals surface area contributed by atoms with E-state index >= 15 is 0 Å². The largest absolute Gasteiger partial charge is 0.296 e. The molecule has 0 radical (unpaired) electrons. The number of halogens is 1. The smallest absolute Gasteiger partial charge is 0.261 e. The lowest BCUT2D eigenvalue weighted by molar-refractivity contribution is 0.420. The van der Waals surface area contributed by atoms with E-state index in [0.29, 0.717) is 5.92 Å². The van der Waals surface area contributed by atoms with E-state index in [1.165, 1.54) is 0 Å². The molecule has 0 aliphatic carbocycles. The Hall–Kier alpha value is -1.16. The minimum Gasteiger partial charge on any atom is -0.296 e. The topological polar surface area (TPSA) is 34.9 Å². The minimum absolute atomic E-state index is 0.112. The molecule has 18 heavy (non-hydrogen) atoms. The summed E-state index contributed by atoms with van der Waals surface area (Å²) in [5.41, 5.74) is 0.918. The van der Waals surface area contributed by atoms with Gasteiger partial charge in [0.25, 0.3) is 5.56 Å². The predicted molar refractivity (Wildman–Crippen MR) is 76.0 cm³/mol. The first-order valence-electron chi connectivity index (χ1n) is 6.40. The molecule has 1 aliphatic heterocycles. The van der Waals surface area contributed by atoms with Crippen molar-refractivity contribution < 1.29 is 0 Å². The highest BCUT2D eigenvalue weighted by Gasteiger charge is 2.22. The molecule has 0 bridgehead atoms. The summed E-state index contributed by atoms with van der Waals surface area (Å²) in [5, 5.41) is 0.721. The number of hydrogen-bond acceptors (Lipinski definition) is 2. The van der Waals surface area contributed by atoms with E-state index in [1.807, 2.05) is 22.8 Å². The van der Waals surface area contributed by atoms with E-state index in [9.17, 15) is 4.79 Å². The third-order valence-electron chi connectivity index (χ3n) is 3.74. The lowest BCUT2D eigenvalue weighted by atomic mass is 9.95. The summed E-state index contributed by atoms with van der Waals surface area (Å²) in [4.78, 5) is 17.2. The molecule has 0 spiro atoms. The summed E-state index contributed by atoms with van der Waals surface area (Å²) >= 11 is 3.44. The molecule has 0 saturated carbocycles. The van der Waals surface area contributed by atoms with Crippen LogP contribution in [-0.2, 0) is 6.54 Å². The number of hydrogen-bond donors (Lipinski definition) is 0. The molecule has 3 rings (SSSR count). The second kappa shape index (κ2) is 4.50. The molecule has 1 aromatic carbocycles. The van der Waals surface area contributed by atoms with Crippen molar-refractivity contribution in [3.05, 3.63) is 38.9 Å². The van der Waals surface area contributed by atoms with Gasteiger partial charge in [-0.1, -0.05) is 22.9 Å².